The maximum absolute atomic E-state index is 13.8. The smallest absolute Gasteiger partial charge is 0.161 e. The van der Waals surface area contributed by atoms with E-state index in [2.05, 4.69) is 15.9 Å². The van der Waals surface area contributed by atoms with E-state index in [0.29, 0.717) is 22.4 Å². The quantitative estimate of drug-likeness (QED) is 0.760. The molecule has 0 aromatic heterocycles. The molecule has 2 aromatic carbocycles. The van der Waals surface area contributed by atoms with E-state index in [1.807, 2.05) is 18.2 Å². The standard InChI is InChI=1S/C16H13BrFNO2/c1-20-15-5-3-11(8-17)7-16(15)21-10-13-4-2-12(9-19)6-14(13)18/h2-7H,8,10H2,1H3. The summed E-state index contributed by atoms with van der Waals surface area (Å²) in [6.07, 6.45) is 0. The van der Waals surface area contributed by atoms with Crippen LogP contribution in [0.5, 0.6) is 11.5 Å². The average Bonchev–Trinajstić information content (AvgIpc) is 2.53. The van der Waals surface area contributed by atoms with Crippen molar-refractivity contribution in [2.45, 2.75) is 11.9 Å². The van der Waals surface area contributed by atoms with Gasteiger partial charge >= 0.3 is 0 Å². The van der Waals surface area contributed by atoms with Gasteiger partial charge in [0.2, 0.25) is 0 Å². The van der Waals surface area contributed by atoms with Crippen LogP contribution in [0.15, 0.2) is 36.4 Å². The average molecular weight is 350 g/mol. The fraction of sp³-hybridized carbons (Fsp3) is 0.188. The number of halogens is 2. The van der Waals surface area contributed by atoms with Gasteiger partial charge in [0.25, 0.3) is 0 Å². The van der Waals surface area contributed by atoms with Gasteiger partial charge in [0.1, 0.15) is 12.4 Å². The lowest BCUT2D eigenvalue weighted by Crippen LogP contribution is -2.01. The molecule has 0 saturated heterocycles. The highest BCUT2D eigenvalue weighted by atomic mass is 79.9. The molecule has 0 aliphatic carbocycles. The van der Waals surface area contributed by atoms with Gasteiger partial charge in [-0.3, -0.25) is 0 Å². The minimum absolute atomic E-state index is 0.0691. The fourth-order valence-electron chi connectivity index (χ4n) is 1.81. The minimum Gasteiger partial charge on any atom is -0.493 e. The van der Waals surface area contributed by atoms with Gasteiger partial charge in [-0.1, -0.05) is 28.1 Å². The van der Waals surface area contributed by atoms with Crippen LogP contribution in [-0.2, 0) is 11.9 Å². The normalized spacial score (nSPS) is 10.0. The zero-order valence-corrected chi connectivity index (χ0v) is 13.0. The van der Waals surface area contributed by atoms with E-state index in [-0.39, 0.29) is 12.2 Å². The van der Waals surface area contributed by atoms with E-state index in [1.165, 1.54) is 6.07 Å². The van der Waals surface area contributed by atoms with Crippen molar-refractivity contribution in [2.24, 2.45) is 0 Å². The number of rotatable bonds is 5. The molecule has 0 aliphatic heterocycles. The molecule has 0 spiro atoms. The number of nitriles is 1. The van der Waals surface area contributed by atoms with Crippen LogP contribution in [0.1, 0.15) is 16.7 Å². The molecule has 0 heterocycles. The third-order valence-electron chi connectivity index (χ3n) is 2.95. The highest BCUT2D eigenvalue weighted by Gasteiger charge is 2.09. The molecule has 2 rings (SSSR count). The van der Waals surface area contributed by atoms with Crippen molar-refractivity contribution in [2.75, 3.05) is 7.11 Å². The first-order valence-corrected chi connectivity index (χ1v) is 7.34. The highest BCUT2D eigenvalue weighted by Crippen LogP contribution is 2.29. The van der Waals surface area contributed by atoms with Gasteiger partial charge < -0.3 is 9.47 Å². The molecule has 0 N–H and O–H groups in total. The second-order valence-electron chi connectivity index (χ2n) is 4.33. The van der Waals surface area contributed by atoms with Crippen molar-refractivity contribution < 1.29 is 13.9 Å². The molecule has 0 atom stereocenters. The van der Waals surface area contributed by atoms with E-state index in [4.69, 9.17) is 14.7 Å². The van der Waals surface area contributed by atoms with Crippen molar-refractivity contribution >= 4 is 15.9 Å². The Morgan fingerprint density at radius 3 is 2.62 bits per heavy atom. The van der Waals surface area contributed by atoms with Gasteiger partial charge in [-0.15, -0.1) is 0 Å². The Kier molecular flexibility index (Phi) is 5.18. The predicted octanol–water partition coefficient (Wildman–Crippen LogP) is 4.18. The largest absolute Gasteiger partial charge is 0.493 e. The Balaban J connectivity index is 2.18. The summed E-state index contributed by atoms with van der Waals surface area (Å²) in [6, 6.07) is 11.8. The van der Waals surface area contributed by atoms with Crippen molar-refractivity contribution in [3.63, 3.8) is 0 Å². The summed E-state index contributed by atoms with van der Waals surface area (Å²) in [5, 5.41) is 9.41. The topological polar surface area (TPSA) is 42.2 Å². The van der Waals surface area contributed by atoms with Crippen LogP contribution in [0.3, 0.4) is 0 Å². The second kappa shape index (κ2) is 7.09. The van der Waals surface area contributed by atoms with Crippen LogP contribution < -0.4 is 9.47 Å². The lowest BCUT2D eigenvalue weighted by molar-refractivity contribution is 0.279. The first-order valence-electron chi connectivity index (χ1n) is 6.22. The Morgan fingerprint density at radius 2 is 2.00 bits per heavy atom. The first-order chi connectivity index (χ1) is 10.2. The Hall–Kier alpha value is -2.06. The van der Waals surface area contributed by atoms with E-state index in [0.717, 1.165) is 5.56 Å². The lowest BCUT2D eigenvalue weighted by Gasteiger charge is -2.12. The summed E-state index contributed by atoms with van der Waals surface area (Å²) in [7, 11) is 1.55. The van der Waals surface area contributed by atoms with Gasteiger partial charge in [-0.25, -0.2) is 4.39 Å². The van der Waals surface area contributed by atoms with Crippen LogP contribution in [-0.4, -0.2) is 7.11 Å². The SMILES string of the molecule is COc1ccc(CBr)cc1OCc1ccc(C#N)cc1F. The third kappa shape index (κ3) is 3.73. The highest BCUT2D eigenvalue weighted by molar-refractivity contribution is 9.08. The molecule has 0 unspecified atom stereocenters. The minimum atomic E-state index is -0.454. The zero-order chi connectivity index (χ0) is 15.2. The van der Waals surface area contributed by atoms with Gasteiger partial charge in [0.15, 0.2) is 11.5 Å². The first kappa shape index (κ1) is 15.3. The number of ether oxygens (including phenoxy) is 2. The summed E-state index contributed by atoms with van der Waals surface area (Å²) in [5.74, 6) is 0.691. The molecule has 21 heavy (non-hydrogen) atoms. The summed E-state index contributed by atoms with van der Waals surface area (Å²) in [5.41, 5.74) is 1.71. The summed E-state index contributed by atoms with van der Waals surface area (Å²) < 4.78 is 24.7. The van der Waals surface area contributed by atoms with E-state index < -0.39 is 5.82 Å². The van der Waals surface area contributed by atoms with Crippen LogP contribution in [0.2, 0.25) is 0 Å². The Morgan fingerprint density at radius 1 is 1.19 bits per heavy atom. The monoisotopic (exact) mass is 349 g/mol. The molecule has 0 saturated carbocycles. The number of hydrogen-bond acceptors (Lipinski definition) is 3. The van der Waals surface area contributed by atoms with E-state index >= 15 is 0 Å². The van der Waals surface area contributed by atoms with Crippen LogP contribution >= 0.6 is 15.9 Å². The number of alkyl halides is 1. The fourth-order valence-corrected chi connectivity index (χ4v) is 2.16. The third-order valence-corrected chi connectivity index (χ3v) is 3.60. The molecular weight excluding hydrogens is 337 g/mol. The van der Waals surface area contributed by atoms with Gasteiger partial charge in [0.05, 0.1) is 18.7 Å². The number of benzene rings is 2. The molecule has 2 aromatic rings. The number of nitrogens with zero attached hydrogens (tertiary/aromatic N) is 1. The molecule has 5 heteroatoms. The summed E-state index contributed by atoms with van der Waals surface area (Å²) in [4.78, 5) is 0. The van der Waals surface area contributed by atoms with Gasteiger partial charge in [-0.05, 0) is 29.8 Å². The Labute approximate surface area is 131 Å². The zero-order valence-electron chi connectivity index (χ0n) is 11.4. The molecular formula is C16H13BrFNO2. The maximum atomic E-state index is 13.8. The Bertz CT molecular complexity index is 682. The van der Waals surface area contributed by atoms with Crippen molar-refractivity contribution in [3.8, 4) is 17.6 Å². The number of hydrogen-bond donors (Lipinski definition) is 0. The van der Waals surface area contributed by atoms with Crippen molar-refractivity contribution in [3.05, 3.63) is 58.9 Å². The maximum Gasteiger partial charge on any atom is 0.161 e. The summed E-state index contributed by atoms with van der Waals surface area (Å²) >= 11 is 3.37. The molecule has 0 radical (unpaired) electrons. The summed E-state index contributed by atoms with van der Waals surface area (Å²) in [6.45, 7) is 0.0691. The molecule has 0 fully saturated rings. The predicted molar refractivity (Wildman–Crippen MR) is 81.1 cm³/mol. The van der Waals surface area contributed by atoms with Crippen LogP contribution in [0.25, 0.3) is 0 Å². The lowest BCUT2D eigenvalue weighted by atomic mass is 10.1. The van der Waals surface area contributed by atoms with E-state index in [1.54, 1.807) is 25.3 Å². The van der Waals surface area contributed by atoms with Crippen molar-refractivity contribution in [1.82, 2.24) is 0 Å². The van der Waals surface area contributed by atoms with Gasteiger partial charge in [-0.2, -0.15) is 5.26 Å². The van der Waals surface area contributed by atoms with Crippen LogP contribution in [0.4, 0.5) is 4.39 Å². The molecule has 0 aliphatic rings. The van der Waals surface area contributed by atoms with E-state index in [9.17, 15) is 4.39 Å². The second-order valence-corrected chi connectivity index (χ2v) is 4.89. The molecule has 3 nitrogen and oxygen atoms in total. The van der Waals surface area contributed by atoms with Crippen molar-refractivity contribution in [1.29, 1.82) is 5.26 Å². The van der Waals surface area contributed by atoms with Crippen LogP contribution in [0, 0.1) is 17.1 Å². The molecule has 0 amide bonds. The molecule has 0 bridgehead atoms. The number of methoxy groups -OCH3 is 1. The van der Waals surface area contributed by atoms with Gasteiger partial charge in [0, 0.05) is 10.9 Å². The molecule has 108 valence electrons.